The Morgan fingerprint density at radius 1 is 1.31 bits per heavy atom. The van der Waals surface area contributed by atoms with E-state index in [-0.39, 0.29) is 18.8 Å². The lowest BCUT2D eigenvalue weighted by Gasteiger charge is -2.06. The van der Waals surface area contributed by atoms with Gasteiger partial charge in [0.2, 0.25) is 0 Å². The van der Waals surface area contributed by atoms with Crippen molar-refractivity contribution < 1.29 is 15.0 Å². The molecule has 3 nitrogen and oxygen atoms in total. The van der Waals surface area contributed by atoms with Crippen molar-refractivity contribution in [2.75, 3.05) is 11.9 Å². The minimum atomic E-state index is -0.964. The van der Waals surface area contributed by atoms with Crippen molar-refractivity contribution in [2.24, 2.45) is 0 Å². The molecule has 4 heteroatoms. The number of hydrogen-bond acceptors (Lipinski definition) is 3. The highest BCUT2D eigenvalue weighted by atomic mass is 79.9. The van der Waals surface area contributed by atoms with Crippen molar-refractivity contribution in [3.8, 4) is 0 Å². The summed E-state index contributed by atoms with van der Waals surface area (Å²) in [5.74, 6) is -0.149. The topological polar surface area (TPSA) is 57.5 Å². The Hall–Kier alpha value is 0.0700. The molecule has 0 saturated heterocycles. The maximum absolute atomic E-state index is 11.1. The molecule has 0 spiro atoms. The van der Waals surface area contributed by atoms with E-state index in [1.807, 2.05) is 0 Å². The number of Topliss-reactive ketones (excluding diaryl/α,β-unsaturated/α-hetero) is 1. The number of unbranched alkanes of at least 4 members (excludes halogenated alkanes) is 2. The molecule has 1 unspecified atom stereocenters. The Kier molecular flexibility index (Phi) is 8.71. The third kappa shape index (κ3) is 7.16. The average Bonchev–Trinajstić information content (AvgIpc) is 2.12. The molecule has 0 aliphatic carbocycles. The number of aliphatic hydroxyl groups is 2. The molecule has 0 radical (unpaired) electrons. The summed E-state index contributed by atoms with van der Waals surface area (Å²) < 4.78 is 0. The Balaban J connectivity index is 3.38. The van der Waals surface area contributed by atoms with Crippen LogP contribution >= 0.6 is 15.9 Å². The highest BCUT2D eigenvalue weighted by Crippen LogP contribution is 2.05. The van der Waals surface area contributed by atoms with Gasteiger partial charge in [-0.1, -0.05) is 22.4 Å². The SMILES string of the molecule is O=C(CCCCCBr)C(O)CCO. The van der Waals surface area contributed by atoms with Gasteiger partial charge in [0, 0.05) is 24.8 Å². The summed E-state index contributed by atoms with van der Waals surface area (Å²) in [7, 11) is 0. The molecule has 13 heavy (non-hydrogen) atoms. The zero-order valence-corrected chi connectivity index (χ0v) is 9.29. The van der Waals surface area contributed by atoms with Gasteiger partial charge in [0.1, 0.15) is 6.10 Å². The highest BCUT2D eigenvalue weighted by Gasteiger charge is 2.12. The van der Waals surface area contributed by atoms with Crippen molar-refractivity contribution in [2.45, 2.75) is 38.2 Å². The number of ketones is 1. The summed E-state index contributed by atoms with van der Waals surface area (Å²) in [6.45, 7) is -0.131. The van der Waals surface area contributed by atoms with E-state index in [2.05, 4.69) is 15.9 Å². The van der Waals surface area contributed by atoms with E-state index in [9.17, 15) is 4.79 Å². The van der Waals surface area contributed by atoms with Gasteiger partial charge in [0.25, 0.3) is 0 Å². The van der Waals surface area contributed by atoms with Gasteiger partial charge >= 0.3 is 0 Å². The first kappa shape index (κ1) is 13.1. The fourth-order valence-corrected chi connectivity index (χ4v) is 1.42. The van der Waals surface area contributed by atoms with E-state index in [1.165, 1.54) is 0 Å². The summed E-state index contributed by atoms with van der Waals surface area (Å²) in [6, 6.07) is 0. The number of hydrogen-bond donors (Lipinski definition) is 2. The van der Waals surface area contributed by atoms with Gasteiger partial charge in [-0.25, -0.2) is 0 Å². The first-order valence-electron chi connectivity index (χ1n) is 4.60. The van der Waals surface area contributed by atoms with Crippen LogP contribution < -0.4 is 0 Å². The molecule has 0 bridgehead atoms. The van der Waals surface area contributed by atoms with E-state index in [1.54, 1.807) is 0 Å². The molecule has 0 fully saturated rings. The van der Waals surface area contributed by atoms with Gasteiger partial charge in [0.15, 0.2) is 5.78 Å². The average molecular weight is 253 g/mol. The second kappa shape index (κ2) is 8.66. The standard InChI is InChI=1S/C9H17BrO3/c10-6-3-1-2-4-8(12)9(13)5-7-11/h9,11,13H,1-7H2. The molecule has 0 amide bonds. The highest BCUT2D eigenvalue weighted by molar-refractivity contribution is 9.09. The molecule has 0 saturated carbocycles. The van der Waals surface area contributed by atoms with Gasteiger partial charge in [0.05, 0.1) is 0 Å². The third-order valence-electron chi connectivity index (χ3n) is 1.83. The summed E-state index contributed by atoms with van der Waals surface area (Å²) in [4.78, 5) is 11.1. The smallest absolute Gasteiger partial charge is 0.161 e. The van der Waals surface area contributed by atoms with E-state index in [0.29, 0.717) is 6.42 Å². The van der Waals surface area contributed by atoms with Gasteiger partial charge < -0.3 is 10.2 Å². The van der Waals surface area contributed by atoms with Gasteiger partial charge in [-0.3, -0.25) is 4.79 Å². The van der Waals surface area contributed by atoms with Crippen LogP contribution in [0.3, 0.4) is 0 Å². The number of alkyl halides is 1. The zero-order valence-electron chi connectivity index (χ0n) is 7.71. The van der Waals surface area contributed by atoms with Gasteiger partial charge in [-0.2, -0.15) is 0 Å². The first-order valence-corrected chi connectivity index (χ1v) is 5.72. The predicted molar refractivity (Wildman–Crippen MR) is 55.0 cm³/mol. The minimum absolute atomic E-state index is 0.131. The fraction of sp³-hybridized carbons (Fsp3) is 0.889. The van der Waals surface area contributed by atoms with Crippen molar-refractivity contribution in [3.05, 3.63) is 0 Å². The molecule has 0 heterocycles. The van der Waals surface area contributed by atoms with E-state index >= 15 is 0 Å². The zero-order chi connectivity index (χ0) is 10.1. The van der Waals surface area contributed by atoms with E-state index in [4.69, 9.17) is 10.2 Å². The predicted octanol–water partition coefficient (Wildman–Crippen LogP) is 1.25. The number of carbonyl (C=O) groups is 1. The van der Waals surface area contributed by atoms with Gasteiger partial charge in [-0.05, 0) is 12.8 Å². The Morgan fingerprint density at radius 3 is 2.54 bits per heavy atom. The molecule has 0 aliphatic rings. The monoisotopic (exact) mass is 252 g/mol. The lowest BCUT2D eigenvalue weighted by atomic mass is 10.1. The van der Waals surface area contributed by atoms with E-state index in [0.717, 1.165) is 24.6 Å². The lowest BCUT2D eigenvalue weighted by molar-refractivity contribution is -0.127. The Bertz CT molecular complexity index is 139. The number of rotatable bonds is 8. The molecule has 1 atom stereocenters. The molecule has 78 valence electrons. The molecule has 0 rings (SSSR count). The summed E-state index contributed by atoms with van der Waals surface area (Å²) in [6.07, 6.45) is 2.51. The molecule has 0 aromatic rings. The Morgan fingerprint density at radius 2 is 2.00 bits per heavy atom. The van der Waals surface area contributed by atoms with Crippen LogP contribution in [0.1, 0.15) is 32.1 Å². The van der Waals surface area contributed by atoms with Crippen LogP contribution in [-0.2, 0) is 4.79 Å². The normalized spacial score (nSPS) is 12.8. The summed E-state index contributed by atoms with van der Waals surface area (Å²) >= 11 is 3.30. The molecular formula is C9H17BrO3. The van der Waals surface area contributed by atoms with Gasteiger partial charge in [-0.15, -0.1) is 0 Å². The molecule has 0 aromatic heterocycles. The van der Waals surface area contributed by atoms with Crippen LogP contribution in [-0.4, -0.2) is 34.0 Å². The second-order valence-corrected chi connectivity index (χ2v) is 3.79. The van der Waals surface area contributed by atoms with Crippen molar-refractivity contribution in [3.63, 3.8) is 0 Å². The number of aliphatic hydroxyl groups excluding tert-OH is 2. The summed E-state index contributed by atoms with van der Waals surface area (Å²) in [5, 5.41) is 18.6. The fourth-order valence-electron chi connectivity index (χ4n) is 1.02. The lowest BCUT2D eigenvalue weighted by Crippen LogP contribution is -2.21. The summed E-state index contributed by atoms with van der Waals surface area (Å²) in [5.41, 5.74) is 0. The van der Waals surface area contributed by atoms with Crippen LogP contribution in [0.4, 0.5) is 0 Å². The quantitative estimate of drug-likeness (QED) is 0.505. The minimum Gasteiger partial charge on any atom is -0.396 e. The largest absolute Gasteiger partial charge is 0.396 e. The maximum atomic E-state index is 11.1. The Labute approximate surface area is 87.3 Å². The maximum Gasteiger partial charge on any atom is 0.161 e. The van der Waals surface area contributed by atoms with Crippen molar-refractivity contribution in [1.29, 1.82) is 0 Å². The van der Waals surface area contributed by atoms with Crippen LogP contribution in [0, 0.1) is 0 Å². The van der Waals surface area contributed by atoms with Crippen LogP contribution in [0.5, 0.6) is 0 Å². The van der Waals surface area contributed by atoms with Crippen molar-refractivity contribution >= 4 is 21.7 Å². The van der Waals surface area contributed by atoms with Crippen molar-refractivity contribution in [1.82, 2.24) is 0 Å². The number of halogens is 1. The first-order chi connectivity index (χ1) is 6.22. The molecular weight excluding hydrogens is 236 g/mol. The van der Waals surface area contributed by atoms with E-state index < -0.39 is 6.10 Å². The number of carbonyl (C=O) groups excluding carboxylic acids is 1. The third-order valence-corrected chi connectivity index (χ3v) is 2.39. The molecule has 2 N–H and O–H groups in total. The second-order valence-electron chi connectivity index (χ2n) is 2.99. The van der Waals surface area contributed by atoms with Crippen LogP contribution in [0.25, 0.3) is 0 Å². The van der Waals surface area contributed by atoms with Crippen LogP contribution in [0.2, 0.25) is 0 Å². The molecule has 0 aliphatic heterocycles. The molecule has 0 aromatic carbocycles. The van der Waals surface area contributed by atoms with Crippen LogP contribution in [0.15, 0.2) is 0 Å².